The molecule has 0 unspecified atom stereocenters. The summed E-state index contributed by atoms with van der Waals surface area (Å²) in [6, 6.07) is 12.7. The molecule has 6 nitrogen and oxygen atoms in total. The quantitative estimate of drug-likeness (QED) is 0.588. The van der Waals surface area contributed by atoms with E-state index in [2.05, 4.69) is 10.4 Å². The molecule has 2 aromatic carbocycles. The summed E-state index contributed by atoms with van der Waals surface area (Å²) in [5.41, 5.74) is -0.346. The van der Waals surface area contributed by atoms with Crippen LogP contribution in [0.15, 0.2) is 71.7 Å². The Morgan fingerprint density at radius 1 is 1.17 bits per heavy atom. The van der Waals surface area contributed by atoms with Gasteiger partial charge < -0.3 is 15.5 Å². The molecule has 3 aromatic rings. The maximum Gasteiger partial charge on any atom is 0.416 e. The number of ether oxygens (including phenoxy) is 1. The largest absolute Gasteiger partial charge is 0.497 e. The lowest BCUT2D eigenvalue weighted by Gasteiger charge is -2.13. The number of nitrogens with one attached hydrogen (secondary N) is 2. The van der Waals surface area contributed by atoms with Gasteiger partial charge in [0.15, 0.2) is 5.69 Å². The molecule has 0 aliphatic rings. The Morgan fingerprint density at radius 2 is 1.90 bits per heavy atom. The van der Waals surface area contributed by atoms with Gasteiger partial charge in [-0.15, -0.1) is 0 Å². The van der Waals surface area contributed by atoms with E-state index >= 15 is 0 Å². The number of nitrogens with zero attached hydrogens (tertiary/aromatic N) is 2. The third-order valence-electron chi connectivity index (χ3n) is 4.12. The number of benzene rings is 2. The van der Waals surface area contributed by atoms with Crippen LogP contribution in [-0.2, 0) is 6.18 Å². The van der Waals surface area contributed by atoms with Crippen LogP contribution in [0.1, 0.15) is 11.3 Å². The van der Waals surface area contributed by atoms with Gasteiger partial charge in [0.05, 0.1) is 24.1 Å². The van der Waals surface area contributed by atoms with E-state index < -0.39 is 17.2 Å². The number of aromatic nitrogens is 2. The highest BCUT2D eigenvalue weighted by Gasteiger charge is 2.30. The van der Waals surface area contributed by atoms with Crippen LogP contribution in [0.3, 0.4) is 0 Å². The number of alkyl halides is 3. The minimum Gasteiger partial charge on any atom is -0.497 e. The van der Waals surface area contributed by atoms with Crippen LogP contribution in [0.4, 0.5) is 18.9 Å². The number of anilines is 1. The Labute approximate surface area is 169 Å². The second kappa shape index (κ2) is 8.64. The van der Waals surface area contributed by atoms with E-state index in [1.54, 1.807) is 24.3 Å². The maximum absolute atomic E-state index is 13.0. The Kier molecular flexibility index (Phi) is 6.01. The Bertz CT molecular complexity index is 1140. The molecule has 1 aromatic heterocycles. The molecule has 0 saturated heterocycles. The van der Waals surface area contributed by atoms with Crippen molar-refractivity contribution in [2.75, 3.05) is 12.4 Å². The van der Waals surface area contributed by atoms with E-state index in [4.69, 9.17) is 10.1 Å². The van der Waals surface area contributed by atoms with Crippen LogP contribution in [0.5, 0.6) is 5.75 Å². The number of hydrogen-bond acceptors (Lipinski definition) is 5. The molecule has 0 bridgehead atoms. The van der Waals surface area contributed by atoms with Crippen LogP contribution in [0, 0.1) is 5.41 Å². The summed E-state index contributed by atoms with van der Waals surface area (Å²) >= 11 is 0. The van der Waals surface area contributed by atoms with Crippen molar-refractivity contribution in [1.82, 2.24) is 9.78 Å². The topological polar surface area (TPSA) is 80.0 Å². The molecule has 0 radical (unpaired) electrons. The zero-order valence-corrected chi connectivity index (χ0v) is 15.8. The molecule has 0 aliphatic carbocycles. The smallest absolute Gasteiger partial charge is 0.416 e. The summed E-state index contributed by atoms with van der Waals surface area (Å²) in [7, 11) is 1.53. The first-order valence-corrected chi connectivity index (χ1v) is 8.71. The molecule has 0 amide bonds. The molecule has 0 aliphatic heterocycles. The number of allylic oxidation sites excluding steroid dienone is 1. The van der Waals surface area contributed by atoms with Crippen LogP contribution in [0.2, 0.25) is 0 Å². The first kappa shape index (κ1) is 20.8. The predicted molar refractivity (Wildman–Crippen MR) is 108 cm³/mol. The van der Waals surface area contributed by atoms with Crippen molar-refractivity contribution >= 4 is 17.6 Å². The first-order valence-electron chi connectivity index (χ1n) is 8.71. The highest BCUT2D eigenvalue weighted by atomic mass is 19.4. The predicted octanol–water partition coefficient (Wildman–Crippen LogP) is 4.36. The number of methoxy groups -OCH3 is 1. The zero-order chi connectivity index (χ0) is 21.7. The van der Waals surface area contributed by atoms with Gasteiger partial charge in [-0.05, 0) is 48.5 Å². The average molecular weight is 414 g/mol. The van der Waals surface area contributed by atoms with Gasteiger partial charge in [-0.25, -0.2) is 4.68 Å². The molecular weight excluding hydrogens is 397 g/mol. The summed E-state index contributed by atoms with van der Waals surface area (Å²) in [6.07, 6.45) is -0.894. The van der Waals surface area contributed by atoms with Crippen molar-refractivity contribution in [2.24, 2.45) is 0 Å². The number of halogens is 3. The lowest BCUT2D eigenvalue weighted by Crippen LogP contribution is -2.18. The third kappa shape index (κ3) is 4.75. The zero-order valence-electron chi connectivity index (χ0n) is 15.8. The Morgan fingerprint density at radius 3 is 2.53 bits per heavy atom. The molecule has 3 rings (SSSR count). The van der Waals surface area contributed by atoms with Crippen molar-refractivity contribution in [3.8, 4) is 11.4 Å². The summed E-state index contributed by atoms with van der Waals surface area (Å²) in [5.74, 6) is 0.642. The minimum atomic E-state index is -4.50. The van der Waals surface area contributed by atoms with Crippen LogP contribution < -0.4 is 15.5 Å². The lowest BCUT2D eigenvalue weighted by atomic mass is 10.2. The maximum atomic E-state index is 13.0. The molecule has 154 valence electrons. The molecule has 0 fully saturated rings. The fraction of sp³-hybridized carbons (Fsp3) is 0.0952. The number of hydrogen-bond donors (Lipinski definition) is 2. The second-order valence-corrected chi connectivity index (χ2v) is 6.12. The van der Waals surface area contributed by atoms with Gasteiger partial charge in [0, 0.05) is 24.2 Å². The fourth-order valence-electron chi connectivity index (χ4n) is 2.66. The molecular formula is C21H17F3N4O2. The normalized spacial score (nSPS) is 11.8. The van der Waals surface area contributed by atoms with Crippen LogP contribution in [0.25, 0.3) is 11.4 Å². The van der Waals surface area contributed by atoms with E-state index in [1.807, 2.05) is 0 Å². The summed E-state index contributed by atoms with van der Waals surface area (Å²) in [4.78, 5) is 12.4. The third-order valence-corrected chi connectivity index (χ3v) is 4.12. The van der Waals surface area contributed by atoms with Gasteiger partial charge in [0.1, 0.15) is 5.75 Å². The molecule has 9 heteroatoms. The fourth-order valence-corrected chi connectivity index (χ4v) is 2.66. The van der Waals surface area contributed by atoms with Crippen LogP contribution >= 0.6 is 0 Å². The van der Waals surface area contributed by atoms with Gasteiger partial charge in [-0.2, -0.15) is 18.3 Å². The Hall–Kier alpha value is -3.88. The highest BCUT2D eigenvalue weighted by molar-refractivity contribution is 5.86. The molecule has 1 heterocycles. The second-order valence-electron chi connectivity index (χ2n) is 6.12. The van der Waals surface area contributed by atoms with Crippen molar-refractivity contribution < 1.29 is 17.9 Å². The average Bonchev–Trinajstić information content (AvgIpc) is 2.74. The Balaban J connectivity index is 2.01. The highest BCUT2D eigenvalue weighted by Crippen LogP contribution is 2.30. The van der Waals surface area contributed by atoms with Gasteiger partial charge in [0.25, 0.3) is 0 Å². The summed E-state index contributed by atoms with van der Waals surface area (Å²) in [5, 5.41) is 14.6. The van der Waals surface area contributed by atoms with Crippen LogP contribution in [-0.4, -0.2) is 23.1 Å². The lowest BCUT2D eigenvalue weighted by molar-refractivity contribution is -0.137. The monoisotopic (exact) mass is 414 g/mol. The number of rotatable bonds is 6. The van der Waals surface area contributed by atoms with Gasteiger partial charge >= 0.3 is 6.18 Å². The van der Waals surface area contributed by atoms with E-state index in [0.29, 0.717) is 11.4 Å². The summed E-state index contributed by atoms with van der Waals surface area (Å²) < 4.78 is 45.3. The van der Waals surface area contributed by atoms with Gasteiger partial charge in [0.2, 0.25) is 5.43 Å². The SMILES string of the molecule is COc1ccc(N/C(=C\C=N)c2nn(-c3cccc(C(F)(F)F)c3)ccc2=O)cc1. The van der Waals surface area contributed by atoms with E-state index in [1.165, 1.54) is 42.3 Å². The van der Waals surface area contributed by atoms with Crippen molar-refractivity contribution in [3.63, 3.8) is 0 Å². The molecule has 0 atom stereocenters. The molecule has 0 saturated carbocycles. The van der Waals surface area contributed by atoms with Crippen molar-refractivity contribution in [1.29, 1.82) is 5.41 Å². The van der Waals surface area contributed by atoms with E-state index in [9.17, 15) is 18.0 Å². The molecule has 2 N–H and O–H groups in total. The minimum absolute atomic E-state index is 0.0470. The van der Waals surface area contributed by atoms with Gasteiger partial charge in [-0.1, -0.05) is 6.07 Å². The standard InChI is InChI=1S/C21H17F3N4O2/c1-30-17-7-5-15(6-8-17)26-18(9-11-25)20-19(29)10-12-28(27-20)16-4-2-3-14(13-16)21(22,23)24/h2-13,25-26H,1H3/b18-9-,25-11?. The summed E-state index contributed by atoms with van der Waals surface area (Å²) in [6.45, 7) is 0. The van der Waals surface area contributed by atoms with Gasteiger partial charge in [-0.3, -0.25) is 4.79 Å². The molecule has 30 heavy (non-hydrogen) atoms. The van der Waals surface area contributed by atoms with Crippen molar-refractivity contribution in [2.45, 2.75) is 6.18 Å². The first-order chi connectivity index (χ1) is 14.3. The van der Waals surface area contributed by atoms with E-state index in [0.717, 1.165) is 18.3 Å². The molecule has 0 spiro atoms. The van der Waals surface area contributed by atoms with E-state index in [-0.39, 0.29) is 17.1 Å². The van der Waals surface area contributed by atoms with Crippen molar-refractivity contribution in [3.05, 3.63) is 88.4 Å².